The normalized spacial score (nSPS) is 10.3. The summed E-state index contributed by atoms with van der Waals surface area (Å²) in [6.07, 6.45) is 1.60. The minimum Gasteiger partial charge on any atom is -0.492 e. The highest BCUT2D eigenvalue weighted by Crippen LogP contribution is 2.24. The van der Waals surface area contributed by atoms with Crippen LogP contribution in [0.5, 0.6) is 5.75 Å². The molecule has 0 saturated heterocycles. The van der Waals surface area contributed by atoms with Gasteiger partial charge in [-0.25, -0.2) is 0 Å². The maximum atomic E-state index is 12.6. The standard InChI is InChI=1S/C21H20ClN3O2/c1-2-27-20-10-6-5-9-18(20)25-21(26)19-13-16(11-12-23-19)24-14-15-7-3-4-8-17(15)22/h3-13H,2,14H2,1H3,(H,23,24)(H,25,26). The molecule has 5 nitrogen and oxygen atoms in total. The first-order valence-electron chi connectivity index (χ1n) is 8.64. The van der Waals surface area contributed by atoms with E-state index in [4.69, 9.17) is 16.3 Å². The van der Waals surface area contributed by atoms with Crippen molar-refractivity contribution in [1.82, 2.24) is 4.98 Å². The molecule has 3 aromatic rings. The monoisotopic (exact) mass is 381 g/mol. The van der Waals surface area contributed by atoms with Gasteiger partial charge in [0.1, 0.15) is 11.4 Å². The highest BCUT2D eigenvalue weighted by atomic mass is 35.5. The maximum Gasteiger partial charge on any atom is 0.274 e. The summed E-state index contributed by atoms with van der Waals surface area (Å²) >= 11 is 6.17. The molecule has 138 valence electrons. The number of benzene rings is 2. The molecule has 0 bridgehead atoms. The molecule has 1 heterocycles. The van der Waals surface area contributed by atoms with Gasteiger partial charge in [0.15, 0.2) is 0 Å². The van der Waals surface area contributed by atoms with E-state index in [-0.39, 0.29) is 5.91 Å². The summed E-state index contributed by atoms with van der Waals surface area (Å²) < 4.78 is 5.54. The quantitative estimate of drug-likeness (QED) is 0.604. The third kappa shape index (κ3) is 4.99. The minimum atomic E-state index is -0.302. The third-order valence-corrected chi connectivity index (χ3v) is 4.24. The number of hydrogen-bond acceptors (Lipinski definition) is 4. The van der Waals surface area contributed by atoms with Gasteiger partial charge in [-0.05, 0) is 42.8 Å². The number of rotatable bonds is 7. The van der Waals surface area contributed by atoms with Crippen molar-refractivity contribution in [3.8, 4) is 5.75 Å². The summed E-state index contributed by atoms with van der Waals surface area (Å²) in [5, 5.41) is 6.81. The number of nitrogens with zero attached hydrogens (tertiary/aromatic N) is 1. The zero-order valence-electron chi connectivity index (χ0n) is 14.9. The van der Waals surface area contributed by atoms with Crippen molar-refractivity contribution < 1.29 is 9.53 Å². The van der Waals surface area contributed by atoms with Crippen molar-refractivity contribution in [2.24, 2.45) is 0 Å². The Hall–Kier alpha value is -3.05. The molecule has 0 fully saturated rings. The zero-order chi connectivity index (χ0) is 19.1. The number of carbonyl (C=O) groups is 1. The second kappa shape index (κ2) is 9.05. The Morgan fingerprint density at radius 3 is 2.70 bits per heavy atom. The number of carbonyl (C=O) groups excluding carboxylic acids is 1. The summed E-state index contributed by atoms with van der Waals surface area (Å²) in [7, 11) is 0. The molecule has 0 unspecified atom stereocenters. The molecule has 3 rings (SSSR count). The Bertz CT molecular complexity index is 931. The fraction of sp³-hybridized carbons (Fsp3) is 0.143. The molecule has 1 amide bonds. The van der Waals surface area contributed by atoms with E-state index < -0.39 is 0 Å². The largest absolute Gasteiger partial charge is 0.492 e. The Morgan fingerprint density at radius 2 is 1.89 bits per heavy atom. The average molecular weight is 382 g/mol. The van der Waals surface area contributed by atoms with E-state index in [1.165, 1.54) is 0 Å². The lowest BCUT2D eigenvalue weighted by Crippen LogP contribution is -2.15. The Balaban J connectivity index is 1.70. The predicted molar refractivity (Wildman–Crippen MR) is 109 cm³/mol. The molecule has 0 radical (unpaired) electrons. The number of para-hydroxylation sites is 2. The van der Waals surface area contributed by atoms with Gasteiger partial charge in [-0.15, -0.1) is 0 Å². The number of ether oxygens (including phenoxy) is 1. The molecule has 0 spiro atoms. The molecule has 2 aromatic carbocycles. The van der Waals surface area contributed by atoms with E-state index in [0.717, 1.165) is 11.3 Å². The van der Waals surface area contributed by atoms with E-state index >= 15 is 0 Å². The van der Waals surface area contributed by atoms with E-state index in [0.29, 0.717) is 35.3 Å². The Labute approximate surface area is 163 Å². The third-order valence-electron chi connectivity index (χ3n) is 3.87. The van der Waals surface area contributed by atoms with Crippen LogP contribution in [0.4, 0.5) is 11.4 Å². The van der Waals surface area contributed by atoms with Crippen LogP contribution >= 0.6 is 11.6 Å². The first-order valence-corrected chi connectivity index (χ1v) is 9.01. The van der Waals surface area contributed by atoms with Gasteiger partial charge in [-0.3, -0.25) is 9.78 Å². The summed E-state index contributed by atoms with van der Waals surface area (Å²) in [6, 6.07) is 18.4. The molecular weight excluding hydrogens is 362 g/mol. The van der Waals surface area contributed by atoms with Gasteiger partial charge in [0.05, 0.1) is 12.3 Å². The minimum absolute atomic E-state index is 0.302. The van der Waals surface area contributed by atoms with Crippen molar-refractivity contribution in [2.75, 3.05) is 17.2 Å². The van der Waals surface area contributed by atoms with E-state index in [2.05, 4.69) is 15.6 Å². The predicted octanol–water partition coefficient (Wildman–Crippen LogP) is 5.00. The van der Waals surface area contributed by atoms with Crippen LogP contribution in [-0.2, 0) is 6.54 Å². The van der Waals surface area contributed by atoms with Crippen LogP contribution in [0, 0.1) is 0 Å². The first kappa shape index (κ1) is 18.7. The lowest BCUT2D eigenvalue weighted by atomic mass is 10.2. The molecule has 0 saturated carbocycles. The van der Waals surface area contributed by atoms with Gasteiger partial charge in [0.2, 0.25) is 0 Å². The molecule has 27 heavy (non-hydrogen) atoms. The Morgan fingerprint density at radius 1 is 1.11 bits per heavy atom. The smallest absolute Gasteiger partial charge is 0.274 e. The van der Waals surface area contributed by atoms with Crippen molar-refractivity contribution in [2.45, 2.75) is 13.5 Å². The van der Waals surface area contributed by atoms with Crippen LogP contribution in [-0.4, -0.2) is 17.5 Å². The maximum absolute atomic E-state index is 12.6. The second-order valence-electron chi connectivity index (χ2n) is 5.76. The highest BCUT2D eigenvalue weighted by Gasteiger charge is 2.11. The van der Waals surface area contributed by atoms with E-state index in [9.17, 15) is 4.79 Å². The molecule has 0 atom stereocenters. The molecular formula is C21H20ClN3O2. The van der Waals surface area contributed by atoms with Gasteiger partial charge in [0.25, 0.3) is 5.91 Å². The van der Waals surface area contributed by atoms with E-state index in [1.54, 1.807) is 18.3 Å². The lowest BCUT2D eigenvalue weighted by Gasteiger charge is -2.12. The van der Waals surface area contributed by atoms with Gasteiger partial charge in [-0.1, -0.05) is 41.9 Å². The van der Waals surface area contributed by atoms with Crippen molar-refractivity contribution in [3.05, 3.63) is 83.1 Å². The fourth-order valence-electron chi connectivity index (χ4n) is 2.54. The molecule has 1 aromatic heterocycles. The molecule has 6 heteroatoms. The van der Waals surface area contributed by atoms with E-state index in [1.807, 2.05) is 55.5 Å². The topological polar surface area (TPSA) is 63.2 Å². The number of anilines is 2. The number of nitrogens with one attached hydrogen (secondary N) is 2. The van der Waals surface area contributed by atoms with Crippen LogP contribution in [0.15, 0.2) is 66.9 Å². The van der Waals surface area contributed by atoms with Gasteiger partial charge >= 0.3 is 0 Å². The second-order valence-corrected chi connectivity index (χ2v) is 6.17. The van der Waals surface area contributed by atoms with Crippen molar-refractivity contribution >= 4 is 28.9 Å². The van der Waals surface area contributed by atoms with Gasteiger partial charge in [-0.2, -0.15) is 0 Å². The van der Waals surface area contributed by atoms with Crippen molar-refractivity contribution in [3.63, 3.8) is 0 Å². The first-order chi connectivity index (χ1) is 13.2. The lowest BCUT2D eigenvalue weighted by molar-refractivity contribution is 0.102. The summed E-state index contributed by atoms with van der Waals surface area (Å²) in [6.45, 7) is 2.97. The molecule has 0 aliphatic rings. The fourth-order valence-corrected chi connectivity index (χ4v) is 2.74. The molecule has 0 aliphatic carbocycles. The van der Waals surface area contributed by atoms with Crippen LogP contribution in [0.3, 0.4) is 0 Å². The van der Waals surface area contributed by atoms with Gasteiger partial charge < -0.3 is 15.4 Å². The molecule has 2 N–H and O–H groups in total. The molecule has 0 aliphatic heterocycles. The highest BCUT2D eigenvalue weighted by molar-refractivity contribution is 6.31. The summed E-state index contributed by atoms with van der Waals surface area (Å²) in [5.41, 5.74) is 2.69. The van der Waals surface area contributed by atoms with Crippen LogP contribution < -0.4 is 15.4 Å². The number of pyridine rings is 1. The number of amides is 1. The summed E-state index contributed by atoms with van der Waals surface area (Å²) in [4.78, 5) is 16.7. The number of hydrogen-bond donors (Lipinski definition) is 2. The number of aromatic nitrogens is 1. The van der Waals surface area contributed by atoms with Gasteiger partial charge in [0, 0.05) is 23.5 Å². The van der Waals surface area contributed by atoms with Crippen molar-refractivity contribution in [1.29, 1.82) is 0 Å². The number of halogens is 1. The summed E-state index contributed by atoms with van der Waals surface area (Å²) in [5.74, 6) is 0.324. The van der Waals surface area contributed by atoms with Crippen LogP contribution in [0.2, 0.25) is 5.02 Å². The van der Waals surface area contributed by atoms with Crippen LogP contribution in [0.1, 0.15) is 23.0 Å². The van der Waals surface area contributed by atoms with Crippen LogP contribution in [0.25, 0.3) is 0 Å². The zero-order valence-corrected chi connectivity index (χ0v) is 15.7. The Kier molecular flexibility index (Phi) is 6.28. The average Bonchev–Trinajstić information content (AvgIpc) is 2.69. The SMILES string of the molecule is CCOc1ccccc1NC(=O)c1cc(NCc2ccccc2Cl)ccn1.